The number of hydrogen-bond acceptors (Lipinski definition) is 9. The first kappa shape index (κ1) is 61.5. The average molecular weight is 1420 g/mol. The minimum Gasteiger partial charge on any atom is -0.512 e. The smallest absolute Gasteiger partial charge is 0.164 e. The maximum absolute atomic E-state index is 12.2. The molecule has 0 fully saturated rings. The molecule has 402 valence electrons. The predicted octanol–water partition coefficient (Wildman–Crippen LogP) is 19.8. The van der Waals surface area contributed by atoms with Crippen LogP contribution in [0, 0.1) is 33.8 Å². The Morgan fingerprint density at radius 3 is 1.13 bits per heavy atom. The molecule has 0 saturated heterocycles. The zero-order valence-corrected chi connectivity index (χ0v) is 52.5. The summed E-state index contributed by atoms with van der Waals surface area (Å²) < 4.78 is 7.48. The summed E-state index contributed by atoms with van der Waals surface area (Å²) in [6, 6.07) is 37.0. The van der Waals surface area contributed by atoms with Crippen LogP contribution < -0.4 is 0 Å². The molecule has 0 amide bonds. The Balaban J connectivity index is 0.000000245. The third kappa shape index (κ3) is 12.5. The van der Waals surface area contributed by atoms with Gasteiger partial charge in [-0.15, -0.1) is 81.0 Å². The van der Waals surface area contributed by atoms with E-state index in [1.54, 1.807) is 11.3 Å². The second kappa shape index (κ2) is 25.9. The number of carbonyl (C=O) groups is 2. The molecule has 0 saturated carbocycles. The molecule has 0 unspecified atom stereocenters. The Morgan fingerprint density at radius 1 is 0.467 bits per heavy atom. The van der Waals surface area contributed by atoms with Gasteiger partial charge in [0.2, 0.25) is 0 Å². The van der Waals surface area contributed by atoms with Crippen molar-refractivity contribution < 1.29 is 61.9 Å². The largest absolute Gasteiger partial charge is 0.512 e. The molecule has 0 aliphatic heterocycles. The van der Waals surface area contributed by atoms with Crippen molar-refractivity contribution in [3.8, 4) is 22.5 Å². The molecule has 0 spiro atoms. The number of pyridine rings is 2. The summed E-state index contributed by atoms with van der Waals surface area (Å²) in [5, 5.41) is 27.7. The molecule has 6 nitrogen and oxygen atoms in total. The van der Waals surface area contributed by atoms with Crippen LogP contribution in [0.25, 0.3) is 83.0 Å². The molecule has 0 radical (unpaired) electrons. The Morgan fingerprint density at radius 2 is 0.800 bits per heavy atom. The Hall–Kier alpha value is -4.36. The van der Waals surface area contributed by atoms with Gasteiger partial charge >= 0.3 is 0 Å². The van der Waals surface area contributed by atoms with E-state index < -0.39 is 0 Å². The van der Waals surface area contributed by atoms with Crippen LogP contribution in [-0.2, 0) is 51.7 Å². The molecule has 11 heteroatoms. The first-order chi connectivity index (χ1) is 34.9. The number of fused-ring (bicyclic) bond motifs is 9. The fourth-order valence-electron chi connectivity index (χ4n) is 8.97. The van der Waals surface area contributed by atoms with E-state index in [0.717, 1.165) is 73.9 Å². The van der Waals surface area contributed by atoms with Crippen LogP contribution >= 0.6 is 34.0 Å². The number of aliphatic hydroxyl groups is 2. The van der Waals surface area contributed by atoms with Gasteiger partial charge in [-0.3, -0.25) is 9.59 Å². The van der Waals surface area contributed by atoms with Gasteiger partial charge in [-0.25, -0.2) is 11.3 Å². The van der Waals surface area contributed by atoms with E-state index in [9.17, 15) is 19.8 Å². The fraction of sp³-hybridized carbons (Fsp3) is 0.375. The van der Waals surface area contributed by atoms with Crippen LogP contribution in [0.1, 0.15) is 134 Å². The van der Waals surface area contributed by atoms with Gasteiger partial charge in [-0.05, 0) is 74.9 Å². The predicted molar refractivity (Wildman–Crippen MR) is 315 cm³/mol. The number of aliphatic hydroxyl groups excluding tert-OH is 2. The van der Waals surface area contributed by atoms with Gasteiger partial charge in [-0.1, -0.05) is 141 Å². The SMILES string of the molecule is CCC(C)(CC)C(=O)/C=C(\O)C(C)(CC)CC.CCC(C)(CC)C(=O)/C=C(\O)C(C)(CC)CC.[Pt].[Pt].[c-]1ccc2c(sc3c(-c4cc5sc6ccccc6c5cn4)[c-]ccc32)c1-c1cc2sc3ccccc3c2cn1. The van der Waals surface area contributed by atoms with Crippen molar-refractivity contribution in [3.63, 3.8) is 0 Å². The number of allylic oxidation sites excluding steroid dienone is 4. The molecule has 9 rings (SSSR count). The number of rotatable bonds is 16. The van der Waals surface area contributed by atoms with E-state index in [2.05, 4.69) is 84.9 Å². The van der Waals surface area contributed by atoms with Crippen molar-refractivity contribution in [2.24, 2.45) is 21.7 Å². The first-order valence-electron chi connectivity index (χ1n) is 26.1. The van der Waals surface area contributed by atoms with Crippen LogP contribution in [-0.4, -0.2) is 31.7 Å². The van der Waals surface area contributed by atoms with Crippen LogP contribution in [0.2, 0.25) is 0 Å². The van der Waals surface area contributed by atoms with Gasteiger partial charge < -0.3 is 20.2 Å². The number of carbonyl (C=O) groups excluding carboxylic acids is 2. The quantitative estimate of drug-likeness (QED) is 0.0568. The van der Waals surface area contributed by atoms with E-state index in [0.29, 0.717) is 0 Å². The van der Waals surface area contributed by atoms with Crippen LogP contribution in [0.15, 0.2) is 121 Å². The van der Waals surface area contributed by atoms with E-state index in [-0.39, 0.29) is 86.9 Å². The molecule has 0 bridgehead atoms. The fourth-order valence-corrected chi connectivity index (χ4v) is 12.5. The monoisotopic (exact) mass is 1420 g/mol. The summed E-state index contributed by atoms with van der Waals surface area (Å²) in [6.45, 7) is 24.2. The summed E-state index contributed by atoms with van der Waals surface area (Å²) in [7, 11) is 0. The third-order valence-electron chi connectivity index (χ3n) is 16.6. The third-order valence-corrected chi connectivity index (χ3v) is 20.2. The topological polar surface area (TPSA) is 100 Å². The number of hydrogen-bond donors (Lipinski definition) is 2. The molecule has 4 aromatic carbocycles. The Kier molecular flexibility index (Phi) is 21.2. The molecule has 0 atom stereocenters. The van der Waals surface area contributed by atoms with Gasteiger partial charge in [0.25, 0.3) is 0 Å². The van der Waals surface area contributed by atoms with Crippen molar-refractivity contribution in [1.82, 2.24) is 9.97 Å². The second-order valence-electron chi connectivity index (χ2n) is 20.5. The number of benzene rings is 4. The summed E-state index contributed by atoms with van der Waals surface area (Å²) in [5.74, 6) is 0.572. The van der Waals surface area contributed by atoms with Crippen molar-refractivity contribution in [2.75, 3.05) is 0 Å². The van der Waals surface area contributed by atoms with Crippen molar-refractivity contribution in [1.29, 1.82) is 0 Å². The van der Waals surface area contributed by atoms with Gasteiger partial charge in [0.15, 0.2) is 11.6 Å². The van der Waals surface area contributed by atoms with Gasteiger partial charge in [0.1, 0.15) is 11.5 Å². The summed E-state index contributed by atoms with van der Waals surface area (Å²) in [4.78, 5) is 34.2. The normalized spacial score (nSPS) is 12.6. The molecular formula is C64H72N2O4Pt2S3-2. The standard InChI is InChI=1S/C34H16N2S3.2C15H28O2.2Pt/c1-3-13-29-19(7-1)25-17-35-27(15-31(25)37-29)23-11-5-9-21-22-10-6-12-24(34(22)39-33(21)23)28-16-32-26(18-36-28)20-8-2-4-14-30(20)38-32;2*1-7-14(5,8-2)12(16)11-13(17)15(6,9-3)10-4;;/h1-10,13-18H;2*11,16H,7-10H2,1-6H3;;/q-2;;;;/b;2*12-11-;;. The maximum atomic E-state index is 12.2. The molecule has 0 aliphatic carbocycles. The van der Waals surface area contributed by atoms with Gasteiger partial charge in [0, 0.05) is 129 Å². The molecule has 75 heavy (non-hydrogen) atoms. The van der Waals surface area contributed by atoms with Crippen molar-refractivity contribution in [3.05, 3.63) is 133 Å². The Bertz CT molecular complexity index is 3270. The van der Waals surface area contributed by atoms with Crippen LogP contribution in [0.5, 0.6) is 0 Å². The van der Waals surface area contributed by atoms with Gasteiger partial charge in [-0.2, -0.15) is 0 Å². The number of thiophene rings is 3. The molecule has 0 aliphatic rings. The number of nitrogens with zero attached hydrogens (tertiary/aromatic N) is 2. The molecule has 5 heterocycles. The second-order valence-corrected chi connectivity index (χ2v) is 23.7. The van der Waals surface area contributed by atoms with E-state index in [1.807, 2.05) is 130 Å². The molecular weight excluding hydrogens is 1350 g/mol. The maximum Gasteiger partial charge on any atom is 0.164 e. The van der Waals surface area contributed by atoms with E-state index in [4.69, 9.17) is 9.97 Å². The summed E-state index contributed by atoms with van der Waals surface area (Å²) in [6.07, 6.45) is 13.5. The van der Waals surface area contributed by atoms with Crippen molar-refractivity contribution >= 4 is 106 Å². The number of ketones is 2. The van der Waals surface area contributed by atoms with E-state index >= 15 is 0 Å². The van der Waals surface area contributed by atoms with Crippen LogP contribution in [0.4, 0.5) is 0 Å². The summed E-state index contributed by atoms with van der Waals surface area (Å²) in [5.41, 5.74) is 2.81. The minimum absolute atomic E-state index is 0. The Labute approximate surface area is 485 Å². The molecule has 2 N–H and O–H groups in total. The summed E-state index contributed by atoms with van der Waals surface area (Å²) >= 11 is 5.43. The first-order valence-corrected chi connectivity index (χ1v) is 28.6. The van der Waals surface area contributed by atoms with Crippen LogP contribution in [0.3, 0.4) is 0 Å². The zero-order valence-electron chi connectivity index (χ0n) is 45.5. The van der Waals surface area contributed by atoms with E-state index in [1.165, 1.54) is 72.7 Å². The number of aromatic nitrogens is 2. The molecule has 5 aromatic heterocycles. The van der Waals surface area contributed by atoms with Crippen molar-refractivity contribution in [2.45, 2.75) is 134 Å². The average Bonchev–Trinajstić information content (AvgIpc) is 4.13. The molecule has 9 aromatic rings. The minimum atomic E-state index is -0.337. The zero-order chi connectivity index (χ0) is 52.9. The van der Waals surface area contributed by atoms with Gasteiger partial charge in [0.05, 0.1) is 0 Å².